The number of nitrogens with two attached hydrogens (primary N) is 1. The van der Waals surface area contributed by atoms with Crippen LogP contribution in [0.4, 0.5) is 11.5 Å². The molecule has 9 nitrogen and oxygen atoms in total. The van der Waals surface area contributed by atoms with E-state index in [0.717, 1.165) is 90.4 Å². The van der Waals surface area contributed by atoms with E-state index in [0.29, 0.717) is 0 Å². The molecule has 0 atom stereocenters. The van der Waals surface area contributed by atoms with E-state index < -0.39 is 5.41 Å². The first kappa shape index (κ1) is 20.9. The highest BCUT2D eigenvalue weighted by Gasteiger charge is 2.51. The maximum Gasteiger partial charge on any atom is 0.229 e. The summed E-state index contributed by atoms with van der Waals surface area (Å²) in [5, 5.41) is 10.1. The Hall–Kier alpha value is -3.72. The number of carbonyl (C=O) groups is 1. The molecule has 6 rings (SSSR count). The van der Waals surface area contributed by atoms with Crippen molar-refractivity contribution in [1.29, 1.82) is 0 Å². The molecule has 34 heavy (non-hydrogen) atoms. The largest absolute Gasteiger partial charge is 0.378 e. The highest BCUT2D eigenvalue weighted by atomic mass is 16.5. The maximum absolute atomic E-state index is 12.2. The summed E-state index contributed by atoms with van der Waals surface area (Å²) >= 11 is 0. The van der Waals surface area contributed by atoms with Gasteiger partial charge < -0.3 is 20.7 Å². The van der Waals surface area contributed by atoms with Crippen LogP contribution in [0, 0.1) is 0 Å². The van der Waals surface area contributed by atoms with Crippen LogP contribution in [0.2, 0.25) is 0 Å². The second-order valence-electron chi connectivity index (χ2n) is 9.00. The average molecular weight is 458 g/mol. The molecular formula is C25H27N7O2. The molecule has 1 aliphatic carbocycles. The Morgan fingerprint density at radius 2 is 1.97 bits per heavy atom. The van der Waals surface area contributed by atoms with Crippen molar-refractivity contribution < 1.29 is 9.53 Å². The summed E-state index contributed by atoms with van der Waals surface area (Å²) in [6.45, 7) is 5.99. The first-order chi connectivity index (χ1) is 16.6. The first-order valence-electron chi connectivity index (χ1n) is 11.7. The van der Waals surface area contributed by atoms with Gasteiger partial charge in [-0.15, -0.1) is 0 Å². The minimum Gasteiger partial charge on any atom is -0.378 e. The van der Waals surface area contributed by atoms with Gasteiger partial charge in [-0.3, -0.25) is 9.78 Å². The van der Waals surface area contributed by atoms with Gasteiger partial charge in [-0.25, -0.2) is 9.50 Å². The van der Waals surface area contributed by atoms with Crippen molar-refractivity contribution in [3.8, 4) is 11.3 Å². The van der Waals surface area contributed by atoms with Crippen molar-refractivity contribution in [3.63, 3.8) is 0 Å². The fourth-order valence-electron chi connectivity index (χ4n) is 4.78. The molecule has 2 aliphatic rings. The third kappa shape index (κ3) is 3.35. The van der Waals surface area contributed by atoms with E-state index >= 15 is 0 Å². The number of nitrogens with one attached hydrogen (secondary N) is 1. The van der Waals surface area contributed by atoms with Crippen LogP contribution in [0.25, 0.3) is 27.5 Å². The minimum atomic E-state index is -0.654. The standard InChI is InChI=1S/C25H27N7O2/c1-2-27-23-20-14-28-22(25(5-6-25)24(26)33)12-18(20)19(13-29-23)21-11-16-3-4-17(15-32(16)30-21)31-7-9-34-10-8-31/h3-4,11-15H,2,5-10H2,1H3,(H2,26,33)(H,27,29). The fraction of sp³-hybridized carbons (Fsp3) is 0.360. The van der Waals surface area contributed by atoms with Crippen molar-refractivity contribution in [2.24, 2.45) is 5.73 Å². The number of primary amides is 1. The average Bonchev–Trinajstić information content (AvgIpc) is 3.58. The number of hydrogen-bond donors (Lipinski definition) is 2. The number of fused-ring (bicyclic) bond motifs is 2. The summed E-state index contributed by atoms with van der Waals surface area (Å²) in [6.07, 6.45) is 7.18. The van der Waals surface area contributed by atoms with E-state index in [9.17, 15) is 4.79 Å². The van der Waals surface area contributed by atoms with Crippen molar-refractivity contribution in [1.82, 2.24) is 19.6 Å². The Morgan fingerprint density at radius 3 is 2.71 bits per heavy atom. The number of hydrogen-bond acceptors (Lipinski definition) is 7. The molecule has 1 saturated carbocycles. The Morgan fingerprint density at radius 1 is 1.15 bits per heavy atom. The number of carbonyl (C=O) groups excluding carboxylic acids is 1. The molecule has 0 unspecified atom stereocenters. The predicted molar refractivity (Wildman–Crippen MR) is 131 cm³/mol. The molecule has 0 radical (unpaired) electrons. The zero-order valence-corrected chi connectivity index (χ0v) is 19.1. The van der Waals surface area contributed by atoms with Crippen molar-refractivity contribution in [2.75, 3.05) is 43.1 Å². The summed E-state index contributed by atoms with van der Waals surface area (Å²) in [5.41, 5.74) is 9.65. The van der Waals surface area contributed by atoms with Crippen LogP contribution < -0.4 is 16.0 Å². The topological polar surface area (TPSA) is 111 Å². The molecule has 174 valence electrons. The lowest BCUT2D eigenvalue weighted by atomic mass is 9.97. The van der Waals surface area contributed by atoms with Gasteiger partial charge in [0.25, 0.3) is 0 Å². The van der Waals surface area contributed by atoms with Gasteiger partial charge >= 0.3 is 0 Å². The highest BCUT2D eigenvalue weighted by Crippen LogP contribution is 2.48. The first-order valence-corrected chi connectivity index (χ1v) is 11.7. The summed E-state index contributed by atoms with van der Waals surface area (Å²) in [7, 11) is 0. The highest BCUT2D eigenvalue weighted by molar-refractivity contribution is 6.02. The smallest absolute Gasteiger partial charge is 0.229 e. The second-order valence-corrected chi connectivity index (χ2v) is 9.00. The Bertz CT molecular complexity index is 1400. The van der Waals surface area contributed by atoms with Crippen LogP contribution in [-0.4, -0.2) is 58.3 Å². The van der Waals surface area contributed by atoms with Gasteiger partial charge in [-0.2, -0.15) is 5.10 Å². The van der Waals surface area contributed by atoms with Gasteiger partial charge in [0.05, 0.1) is 47.4 Å². The van der Waals surface area contributed by atoms with Gasteiger partial charge in [0.15, 0.2) is 0 Å². The molecular weight excluding hydrogens is 430 g/mol. The van der Waals surface area contributed by atoms with Crippen LogP contribution in [0.3, 0.4) is 0 Å². The molecule has 1 aliphatic heterocycles. The number of amides is 1. The quantitative estimate of drug-likeness (QED) is 0.458. The zero-order valence-electron chi connectivity index (χ0n) is 19.1. The second kappa shape index (κ2) is 7.95. The molecule has 4 aromatic heterocycles. The van der Waals surface area contributed by atoms with E-state index in [2.05, 4.69) is 44.6 Å². The maximum atomic E-state index is 12.2. The van der Waals surface area contributed by atoms with Crippen LogP contribution >= 0.6 is 0 Å². The number of rotatable bonds is 6. The third-order valence-electron chi connectivity index (χ3n) is 6.92. The van der Waals surface area contributed by atoms with Crippen LogP contribution in [0.15, 0.2) is 42.9 Å². The number of ether oxygens (including phenoxy) is 1. The van der Waals surface area contributed by atoms with Crippen molar-refractivity contribution in [3.05, 3.63) is 48.5 Å². The van der Waals surface area contributed by atoms with E-state index in [-0.39, 0.29) is 5.91 Å². The summed E-state index contributed by atoms with van der Waals surface area (Å²) in [4.78, 5) is 23.7. The zero-order chi connectivity index (χ0) is 23.3. The number of pyridine rings is 3. The monoisotopic (exact) mass is 457 g/mol. The van der Waals surface area contributed by atoms with E-state index in [4.69, 9.17) is 15.6 Å². The Kier molecular flexibility index (Phi) is 4.88. The van der Waals surface area contributed by atoms with Gasteiger partial charge in [0.1, 0.15) is 5.82 Å². The predicted octanol–water partition coefficient (Wildman–Crippen LogP) is 2.73. The fourth-order valence-corrected chi connectivity index (χ4v) is 4.78. The number of nitrogens with zero attached hydrogens (tertiary/aromatic N) is 5. The molecule has 0 bridgehead atoms. The van der Waals surface area contributed by atoms with Gasteiger partial charge in [0, 0.05) is 43.0 Å². The van der Waals surface area contributed by atoms with Crippen molar-refractivity contribution in [2.45, 2.75) is 25.2 Å². The van der Waals surface area contributed by atoms with Gasteiger partial charge in [-0.05, 0) is 49.4 Å². The van der Waals surface area contributed by atoms with E-state index in [1.807, 2.05) is 23.7 Å². The third-order valence-corrected chi connectivity index (χ3v) is 6.92. The molecule has 0 spiro atoms. The van der Waals surface area contributed by atoms with E-state index in [1.165, 1.54) is 0 Å². The lowest BCUT2D eigenvalue weighted by Crippen LogP contribution is -2.36. The van der Waals surface area contributed by atoms with Gasteiger partial charge in [0.2, 0.25) is 5.91 Å². The van der Waals surface area contributed by atoms with E-state index in [1.54, 1.807) is 6.20 Å². The van der Waals surface area contributed by atoms with Gasteiger partial charge in [-0.1, -0.05) is 0 Å². The molecule has 5 heterocycles. The summed E-state index contributed by atoms with van der Waals surface area (Å²) in [6, 6.07) is 8.27. The number of morpholine rings is 1. The number of aromatic nitrogens is 4. The molecule has 2 fully saturated rings. The molecule has 1 amide bonds. The summed E-state index contributed by atoms with van der Waals surface area (Å²) in [5.74, 6) is 0.452. The lowest BCUT2D eigenvalue weighted by molar-refractivity contribution is -0.120. The Balaban J connectivity index is 1.47. The summed E-state index contributed by atoms with van der Waals surface area (Å²) < 4.78 is 7.40. The molecule has 9 heteroatoms. The minimum absolute atomic E-state index is 0.315. The molecule has 3 N–H and O–H groups in total. The van der Waals surface area contributed by atoms with Crippen LogP contribution in [-0.2, 0) is 14.9 Å². The lowest BCUT2D eigenvalue weighted by Gasteiger charge is -2.28. The Labute approximate surface area is 196 Å². The van der Waals surface area contributed by atoms with Crippen LogP contribution in [0.1, 0.15) is 25.5 Å². The molecule has 0 aromatic carbocycles. The SMILES string of the molecule is CCNc1ncc(-c2cc3ccc(N4CCOCC4)cn3n2)c2cc(C3(C(N)=O)CC3)ncc12. The normalized spacial score (nSPS) is 17.3. The van der Waals surface area contributed by atoms with Crippen LogP contribution in [0.5, 0.6) is 0 Å². The molecule has 1 saturated heterocycles. The number of anilines is 2. The molecule has 4 aromatic rings. The van der Waals surface area contributed by atoms with Crippen molar-refractivity contribution >= 4 is 33.7 Å².